The molecule has 2 aliphatic rings. The summed E-state index contributed by atoms with van der Waals surface area (Å²) >= 11 is 0. The summed E-state index contributed by atoms with van der Waals surface area (Å²) in [5, 5.41) is 3.45. The molecule has 1 saturated heterocycles. The lowest BCUT2D eigenvalue weighted by Gasteiger charge is -2.34. The monoisotopic (exact) mass is 498 g/mol. The van der Waals surface area contributed by atoms with Crippen LogP contribution in [0.15, 0.2) is 51.8 Å². The maximum atomic E-state index is 13.3. The second kappa shape index (κ2) is 9.20. The fourth-order valence-corrected chi connectivity index (χ4v) is 6.69. The van der Waals surface area contributed by atoms with Crippen molar-refractivity contribution in [3.63, 3.8) is 0 Å². The third kappa shape index (κ3) is 4.62. The SMILES string of the molecule is Cc1c(C(=O)NC[C@@H]2COc3ccccc3O2)oc2ccc(S(=O)(=O)N3C[C@@H](C)C[C@H](C)C3)cc12. The molecule has 2 aromatic carbocycles. The average molecular weight is 499 g/mol. The number of nitrogens with zero attached hydrogens (tertiary/aromatic N) is 1. The summed E-state index contributed by atoms with van der Waals surface area (Å²) in [4.78, 5) is 13.1. The summed E-state index contributed by atoms with van der Waals surface area (Å²) < 4.78 is 45.6. The molecule has 0 unspecified atom stereocenters. The second-order valence-electron chi connectivity index (χ2n) is 9.69. The molecule has 186 valence electrons. The second-order valence-corrected chi connectivity index (χ2v) is 11.6. The zero-order valence-electron chi connectivity index (χ0n) is 20.1. The maximum absolute atomic E-state index is 13.3. The first-order chi connectivity index (χ1) is 16.7. The lowest BCUT2D eigenvalue weighted by molar-refractivity contribution is 0.0774. The van der Waals surface area contributed by atoms with Crippen LogP contribution < -0.4 is 14.8 Å². The van der Waals surface area contributed by atoms with Gasteiger partial charge in [0.2, 0.25) is 10.0 Å². The molecule has 0 radical (unpaired) electrons. The van der Waals surface area contributed by atoms with Crippen LogP contribution in [0, 0.1) is 18.8 Å². The highest BCUT2D eigenvalue weighted by atomic mass is 32.2. The van der Waals surface area contributed by atoms with E-state index in [4.69, 9.17) is 13.9 Å². The number of ether oxygens (including phenoxy) is 2. The van der Waals surface area contributed by atoms with Gasteiger partial charge in [-0.1, -0.05) is 26.0 Å². The van der Waals surface area contributed by atoms with Crippen LogP contribution in [0.1, 0.15) is 36.4 Å². The van der Waals surface area contributed by atoms with E-state index in [1.807, 2.05) is 24.3 Å². The molecular weight excluding hydrogens is 468 g/mol. The van der Waals surface area contributed by atoms with E-state index in [-0.39, 0.29) is 29.2 Å². The molecule has 3 aromatic rings. The molecule has 2 aliphatic heterocycles. The van der Waals surface area contributed by atoms with Crippen molar-refractivity contribution < 1.29 is 27.1 Å². The molecule has 0 bridgehead atoms. The number of hydrogen-bond donors (Lipinski definition) is 1. The number of carbonyl (C=O) groups excluding carboxylic acids is 1. The van der Waals surface area contributed by atoms with Gasteiger partial charge in [0.1, 0.15) is 18.3 Å². The summed E-state index contributed by atoms with van der Waals surface area (Å²) in [6, 6.07) is 12.2. The largest absolute Gasteiger partial charge is 0.486 e. The lowest BCUT2D eigenvalue weighted by Crippen LogP contribution is -2.42. The number of para-hydroxylation sites is 2. The highest BCUT2D eigenvalue weighted by Gasteiger charge is 2.32. The number of sulfonamides is 1. The highest BCUT2D eigenvalue weighted by molar-refractivity contribution is 7.89. The Kier molecular flexibility index (Phi) is 6.23. The predicted molar refractivity (Wildman–Crippen MR) is 131 cm³/mol. The van der Waals surface area contributed by atoms with Gasteiger partial charge in [-0.3, -0.25) is 4.79 Å². The van der Waals surface area contributed by atoms with E-state index in [2.05, 4.69) is 19.2 Å². The van der Waals surface area contributed by atoms with Gasteiger partial charge in [0, 0.05) is 24.0 Å². The fraction of sp³-hybridized carbons (Fsp3) is 0.423. The zero-order chi connectivity index (χ0) is 24.7. The van der Waals surface area contributed by atoms with Gasteiger partial charge in [-0.15, -0.1) is 0 Å². The van der Waals surface area contributed by atoms with Crippen molar-refractivity contribution in [1.82, 2.24) is 9.62 Å². The van der Waals surface area contributed by atoms with Crippen molar-refractivity contribution in [3.8, 4) is 11.5 Å². The fourth-order valence-electron chi connectivity index (χ4n) is 4.98. The average Bonchev–Trinajstić information content (AvgIpc) is 3.17. The Hall–Kier alpha value is -3.04. The molecule has 1 fully saturated rings. The van der Waals surface area contributed by atoms with E-state index < -0.39 is 10.0 Å². The quantitative estimate of drug-likeness (QED) is 0.572. The molecule has 3 atom stereocenters. The van der Waals surface area contributed by atoms with Crippen molar-refractivity contribution in [2.24, 2.45) is 11.8 Å². The zero-order valence-corrected chi connectivity index (χ0v) is 20.9. The maximum Gasteiger partial charge on any atom is 0.287 e. The van der Waals surface area contributed by atoms with Crippen LogP contribution in [0.2, 0.25) is 0 Å². The number of aryl methyl sites for hydroxylation is 1. The van der Waals surface area contributed by atoms with E-state index >= 15 is 0 Å². The normalized spacial score (nSPS) is 22.8. The molecule has 3 heterocycles. The molecule has 0 aliphatic carbocycles. The van der Waals surface area contributed by atoms with Crippen LogP contribution in [-0.2, 0) is 10.0 Å². The minimum absolute atomic E-state index is 0.159. The molecule has 0 spiro atoms. The van der Waals surface area contributed by atoms with Crippen molar-refractivity contribution in [2.45, 2.75) is 38.2 Å². The van der Waals surface area contributed by atoms with Crippen molar-refractivity contribution in [1.29, 1.82) is 0 Å². The number of furan rings is 1. The molecule has 1 amide bonds. The van der Waals surface area contributed by atoms with E-state index in [0.717, 1.165) is 6.42 Å². The van der Waals surface area contributed by atoms with E-state index in [9.17, 15) is 13.2 Å². The third-order valence-electron chi connectivity index (χ3n) is 6.64. The lowest BCUT2D eigenvalue weighted by atomic mass is 9.94. The van der Waals surface area contributed by atoms with Gasteiger partial charge in [0.25, 0.3) is 5.91 Å². The number of carbonyl (C=O) groups is 1. The van der Waals surface area contributed by atoms with Gasteiger partial charge in [-0.05, 0) is 55.5 Å². The summed E-state index contributed by atoms with van der Waals surface area (Å²) in [7, 11) is -3.64. The summed E-state index contributed by atoms with van der Waals surface area (Å²) in [6.45, 7) is 7.52. The summed E-state index contributed by atoms with van der Waals surface area (Å²) in [5.41, 5.74) is 1.07. The Bertz CT molecular complexity index is 1360. The van der Waals surface area contributed by atoms with Crippen LogP contribution >= 0.6 is 0 Å². The highest BCUT2D eigenvalue weighted by Crippen LogP contribution is 2.32. The number of amides is 1. The van der Waals surface area contributed by atoms with Crippen molar-refractivity contribution in [3.05, 3.63) is 53.8 Å². The topological polar surface area (TPSA) is 98.1 Å². The van der Waals surface area contributed by atoms with Crippen LogP contribution in [0.5, 0.6) is 11.5 Å². The van der Waals surface area contributed by atoms with Gasteiger partial charge >= 0.3 is 0 Å². The number of benzene rings is 2. The molecule has 1 N–H and O–H groups in total. The van der Waals surface area contributed by atoms with E-state index in [1.54, 1.807) is 29.4 Å². The number of rotatable bonds is 5. The van der Waals surface area contributed by atoms with Crippen LogP contribution in [-0.4, -0.2) is 51.0 Å². The molecule has 8 nitrogen and oxygen atoms in total. The minimum atomic E-state index is -3.64. The van der Waals surface area contributed by atoms with Gasteiger partial charge in [0.15, 0.2) is 17.3 Å². The number of nitrogens with one attached hydrogen (secondary N) is 1. The van der Waals surface area contributed by atoms with Gasteiger partial charge in [-0.25, -0.2) is 8.42 Å². The Morgan fingerprint density at radius 2 is 1.80 bits per heavy atom. The van der Waals surface area contributed by atoms with E-state index in [1.165, 1.54) is 0 Å². The van der Waals surface area contributed by atoms with Crippen molar-refractivity contribution in [2.75, 3.05) is 26.2 Å². The molecular formula is C26H30N2O6S. The van der Waals surface area contributed by atoms with Crippen LogP contribution in [0.4, 0.5) is 0 Å². The summed E-state index contributed by atoms with van der Waals surface area (Å²) in [6.07, 6.45) is 0.694. The van der Waals surface area contributed by atoms with E-state index in [0.29, 0.717) is 59.6 Å². The molecule has 0 saturated carbocycles. The van der Waals surface area contributed by atoms with Gasteiger partial charge < -0.3 is 19.2 Å². The third-order valence-corrected chi connectivity index (χ3v) is 8.47. The standard InChI is InChI=1S/C26H30N2O6S/c1-16-10-17(2)14-28(13-16)35(30,31)20-8-9-22-21(11-20)18(3)25(34-22)26(29)27-12-19-15-32-23-6-4-5-7-24(23)33-19/h4-9,11,16-17,19H,10,12-15H2,1-3H3,(H,27,29)/t16-,17-,19+/m0/s1. The first-order valence-electron chi connectivity index (χ1n) is 11.9. The van der Waals surface area contributed by atoms with Gasteiger partial charge in [-0.2, -0.15) is 4.31 Å². The van der Waals surface area contributed by atoms with Crippen molar-refractivity contribution >= 4 is 26.9 Å². The first-order valence-corrected chi connectivity index (χ1v) is 13.4. The van der Waals surface area contributed by atoms with Crippen LogP contribution in [0.3, 0.4) is 0 Å². The number of hydrogen-bond acceptors (Lipinski definition) is 6. The summed E-state index contributed by atoms with van der Waals surface area (Å²) in [5.74, 6) is 1.73. The molecule has 5 rings (SSSR count). The molecule has 9 heteroatoms. The number of piperidine rings is 1. The first kappa shape index (κ1) is 23.7. The predicted octanol–water partition coefficient (Wildman–Crippen LogP) is 3.98. The Balaban J connectivity index is 1.32. The molecule has 35 heavy (non-hydrogen) atoms. The molecule has 1 aromatic heterocycles. The van der Waals surface area contributed by atoms with Crippen LogP contribution in [0.25, 0.3) is 11.0 Å². The number of fused-ring (bicyclic) bond motifs is 2. The minimum Gasteiger partial charge on any atom is -0.486 e. The Morgan fingerprint density at radius 1 is 1.09 bits per heavy atom. The Labute approximate surface area is 205 Å². The van der Waals surface area contributed by atoms with Gasteiger partial charge in [0.05, 0.1) is 11.4 Å². The Morgan fingerprint density at radius 3 is 2.54 bits per heavy atom. The smallest absolute Gasteiger partial charge is 0.287 e.